The normalized spacial score (nSPS) is 12.9. The lowest BCUT2D eigenvalue weighted by atomic mass is 9.80. The molecule has 0 amide bonds. The molecule has 30 heavy (non-hydrogen) atoms. The summed E-state index contributed by atoms with van der Waals surface area (Å²) in [5.41, 5.74) is 2.48. The molecule has 0 bridgehead atoms. The zero-order chi connectivity index (χ0) is 20.0. The number of rotatable bonds is 4. The summed E-state index contributed by atoms with van der Waals surface area (Å²) in [6.45, 7) is 1.16. The van der Waals surface area contributed by atoms with Gasteiger partial charge in [0.2, 0.25) is 0 Å². The van der Waals surface area contributed by atoms with Crippen molar-refractivity contribution in [1.82, 2.24) is 0 Å². The molecule has 0 atom stereocenters. The molecule has 0 saturated carbocycles. The maximum absolute atomic E-state index is 5.67. The average Bonchev–Trinajstić information content (AvgIpc) is 2.79. The topological polar surface area (TPSA) is 18.5 Å². The number of methoxy groups -OCH3 is 2. The van der Waals surface area contributed by atoms with Crippen molar-refractivity contribution in [2.24, 2.45) is 0 Å². The van der Waals surface area contributed by atoms with Crippen molar-refractivity contribution < 1.29 is 9.47 Å². The van der Waals surface area contributed by atoms with E-state index >= 15 is 0 Å². The average molecular weight is 388 g/mol. The molecule has 0 unspecified atom stereocenters. The van der Waals surface area contributed by atoms with Crippen molar-refractivity contribution in [2.75, 3.05) is 14.2 Å². The molecule has 0 aliphatic heterocycles. The molecule has 0 N–H and O–H groups in total. The SMILES string of the molecule is COCc1c(COC)c2ccc3ccc4ccc5ccc6ccc1c1c6c5c4c3c21. The van der Waals surface area contributed by atoms with Gasteiger partial charge < -0.3 is 9.47 Å². The van der Waals surface area contributed by atoms with E-state index in [2.05, 4.69) is 60.7 Å². The van der Waals surface area contributed by atoms with E-state index in [9.17, 15) is 0 Å². The summed E-state index contributed by atoms with van der Waals surface area (Å²) in [5.74, 6) is 0. The summed E-state index contributed by atoms with van der Waals surface area (Å²) in [6.07, 6.45) is 0. The second kappa shape index (κ2) is 5.69. The fraction of sp³-hybridized carbons (Fsp3) is 0.143. The van der Waals surface area contributed by atoms with Crippen molar-refractivity contribution in [2.45, 2.75) is 13.2 Å². The van der Waals surface area contributed by atoms with Crippen LogP contribution in [0.5, 0.6) is 0 Å². The molecule has 2 heteroatoms. The molecule has 0 fully saturated rings. The van der Waals surface area contributed by atoms with Gasteiger partial charge in [-0.15, -0.1) is 0 Å². The van der Waals surface area contributed by atoms with Crippen LogP contribution >= 0.6 is 0 Å². The van der Waals surface area contributed by atoms with Crippen LogP contribution in [-0.2, 0) is 22.7 Å². The minimum atomic E-state index is 0.580. The van der Waals surface area contributed by atoms with E-state index in [1.165, 1.54) is 75.8 Å². The van der Waals surface area contributed by atoms with Crippen LogP contribution in [0.3, 0.4) is 0 Å². The monoisotopic (exact) mass is 388 g/mol. The van der Waals surface area contributed by atoms with Gasteiger partial charge in [-0.25, -0.2) is 0 Å². The fourth-order valence-corrected chi connectivity index (χ4v) is 5.83. The molecule has 7 rings (SSSR count). The van der Waals surface area contributed by atoms with Gasteiger partial charge in [0.25, 0.3) is 0 Å². The van der Waals surface area contributed by atoms with E-state index in [0.717, 1.165) is 0 Å². The molecule has 0 saturated heterocycles. The van der Waals surface area contributed by atoms with E-state index in [-0.39, 0.29) is 0 Å². The van der Waals surface area contributed by atoms with Crippen LogP contribution in [-0.4, -0.2) is 14.2 Å². The van der Waals surface area contributed by atoms with Gasteiger partial charge in [-0.2, -0.15) is 0 Å². The van der Waals surface area contributed by atoms with Gasteiger partial charge in [0, 0.05) is 14.2 Å². The molecular weight excluding hydrogens is 368 g/mol. The Bertz CT molecular complexity index is 1570. The fourth-order valence-electron chi connectivity index (χ4n) is 5.83. The first-order valence-electron chi connectivity index (χ1n) is 10.4. The highest BCUT2D eigenvalue weighted by Gasteiger charge is 2.23. The number of ether oxygens (including phenoxy) is 2. The molecule has 0 aromatic heterocycles. The van der Waals surface area contributed by atoms with Crippen LogP contribution < -0.4 is 0 Å². The highest BCUT2D eigenvalue weighted by atomic mass is 16.5. The summed E-state index contributed by atoms with van der Waals surface area (Å²) >= 11 is 0. The Hall–Kier alpha value is -3.20. The second-order valence-corrected chi connectivity index (χ2v) is 8.39. The minimum absolute atomic E-state index is 0.580. The quantitative estimate of drug-likeness (QED) is 0.234. The predicted octanol–water partition coefficient (Wildman–Crippen LogP) is 7.21. The van der Waals surface area contributed by atoms with E-state index in [1.807, 2.05) is 0 Å². The summed E-state index contributed by atoms with van der Waals surface area (Å²) < 4.78 is 11.3. The minimum Gasteiger partial charge on any atom is -0.380 e. The van der Waals surface area contributed by atoms with E-state index in [0.29, 0.717) is 13.2 Å². The Balaban J connectivity index is 1.93. The smallest absolute Gasteiger partial charge is 0.0722 e. The number of benzene rings is 7. The first-order chi connectivity index (χ1) is 14.8. The second-order valence-electron chi connectivity index (χ2n) is 8.39. The van der Waals surface area contributed by atoms with Gasteiger partial charge >= 0.3 is 0 Å². The highest BCUT2D eigenvalue weighted by molar-refractivity contribution is 6.45. The largest absolute Gasteiger partial charge is 0.380 e. The molecule has 0 heterocycles. The van der Waals surface area contributed by atoms with Gasteiger partial charge in [-0.1, -0.05) is 60.7 Å². The van der Waals surface area contributed by atoms with Gasteiger partial charge in [0.1, 0.15) is 0 Å². The molecule has 0 aliphatic carbocycles. The molecule has 0 aliphatic rings. The van der Waals surface area contributed by atoms with Crippen LogP contribution in [0.25, 0.3) is 64.6 Å². The van der Waals surface area contributed by atoms with Crippen molar-refractivity contribution in [3.63, 3.8) is 0 Å². The van der Waals surface area contributed by atoms with Crippen LogP contribution in [0.1, 0.15) is 11.1 Å². The third kappa shape index (κ3) is 1.82. The Labute approximate surface area is 173 Å². The molecular formula is C28H20O2. The van der Waals surface area contributed by atoms with Crippen LogP contribution in [0, 0.1) is 0 Å². The molecule has 7 aromatic carbocycles. The number of hydrogen-bond donors (Lipinski definition) is 0. The van der Waals surface area contributed by atoms with E-state index < -0.39 is 0 Å². The number of hydrogen-bond acceptors (Lipinski definition) is 2. The molecule has 7 aromatic rings. The lowest BCUT2D eigenvalue weighted by Gasteiger charge is -2.24. The van der Waals surface area contributed by atoms with Gasteiger partial charge in [-0.05, 0) is 75.8 Å². The maximum Gasteiger partial charge on any atom is 0.0722 e. The van der Waals surface area contributed by atoms with Crippen molar-refractivity contribution in [3.05, 3.63) is 71.8 Å². The van der Waals surface area contributed by atoms with Crippen molar-refractivity contribution in [3.8, 4) is 0 Å². The Morgan fingerprint density at radius 2 is 0.733 bits per heavy atom. The molecule has 0 spiro atoms. The Morgan fingerprint density at radius 1 is 0.433 bits per heavy atom. The zero-order valence-electron chi connectivity index (χ0n) is 17.0. The molecule has 144 valence electrons. The summed E-state index contributed by atoms with van der Waals surface area (Å²) in [4.78, 5) is 0. The highest BCUT2D eigenvalue weighted by Crippen LogP contribution is 2.50. The van der Waals surface area contributed by atoms with Crippen LogP contribution in [0.4, 0.5) is 0 Å². The Kier molecular flexibility index (Phi) is 3.15. The van der Waals surface area contributed by atoms with Gasteiger partial charge in [0.05, 0.1) is 13.2 Å². The summed E-state index contributed by atoms with van der Waals surface area (Å²) in [5, 5.41) is 16.1. The maximum atomic E-state index is 5.67. The molecule has 0 radical (unpaired) electrons. The van der Waals surface area contributed by atoms with E-state index in [4.69, 9.17) is 9.47 Å². The van der Waals surface area contributed by atoms with Crippen LogP contribution in [0.2, 0.25) is 0 Å². The predicted molar refractivity (Wildman–Crippen MR) is 126 cm³/mol. The standard InChI is InChI=1S/C28H20O2/c1-29-13-21-19-11-9-17-7-5-15-3-4-16-6-8-18-10-12-20(22(21)14-30-2)28-26(18)24(16)23(15)25(17)27(19)28/h3-12H,13-14H2,1-2H3. The van der Waals surface area contributed by atoms with Gasteiger partial charge in [0.15, 0.2) is 0 Å². The molecule has 2 nitrogen and oxygen atoms in total. The zero-order valence-corrected chi connectivity index (χ0v) is 17.0. The lowest BCUT2D eigenvalue weighted by molar-refractivity contribution is 0.170. The summed E-state index contributed by atoms with van der Waals surface area (Å²) in [7, 11) is 3.55. The van der Waals surface area contributed by atoms with Gasteiger partial charge in [-0.3, -0.25) is 0 Å². The lowest BCUT2D eigenvalue weighted by Crippen LogP contribution is -2.03. The van der Waals surface area contributed by atoms with Crippen molar-refractivity contribution >= 4 is 64.6 Å². The van der Waals surface area contributed by atoms with Crippen LogP contribution in [0.15, 0.2) is 60.7 Å². The third-order valence-corrected chi connectivity index (χ3v) is 6.97. The first kappa shape index (κ1) is 16.6. The Morgan fingerprint density at radius 3 is 1.07 bits per heavy atom. The first-order valence-corrected chi connectivity index (χ1v) is 10.4. The van der Waals surface area contributed by atoms with Crippen molar-refractivity contribution in [1.29, 1.82) is 0 Å². The summed E-state index contributed by atoms with van der Waals surface area (Å²) in [6, 6.07) is 22.7. The van der Waals surface area contributed by atoms with E-state index in [1.54, 1.807) is 14.2 Å². The third-order valence-electron chi connectivity index (χ3n) is 6.97.